The predicted octanol–water partition coefficient (Wildman–Crippen LogP) is 15.9. The lowest BCUT2D eigenvalue weighted by molar-refractivity contribution is 0.0713. The first kappa shape index (κ1) is 43.8. The van der Waals surface area contributed by atoms with Gasteiger partial charge in [0.2, 0.25) is 0 Å². The van der Waals surface area contributed by atoms with E-state index >= 15 is 0 Å². The number of fused-ring (bicyclic) bond motifs is 9. The first-order valence-corrected chi connectivity index (χ1v) is 25.1. The Kier molecular flexibility index (Phi) is 12.1. The number of benzene rings is 8. The highest BCUT2D eigenvalue weighted by molar-refractivity contribution is 6.10. The van der Waals surface area contributed by atoms with Gasteiger partial charge in [-0.25, -0.2) is 0 Å². The molecule has 1 aliphatic carbocycles. The fraction of sp³-hybridized carbons (Fsp3) is 0.250. The van der Waals surface area contributed by atoms with Crippen LogP contribution in [0.4, 0.5) is 0 Å². The minimum absolute atomic E-state index is 0.343. The molecular formula is C64H62N2O2. The second-order valence-corrected chi connectivity index (χ2v) is 19.7. The Morgan fingerprint density at radius 3 is 1.37 bits per heavy atom. The number of para-hydroxylation sites is 2. The maximum absolute atomic E-state index is 12.0. The summed E-state index contributed by atoms with van der Waals surface area (Å²) in [5.74, 6) is 0. The SMILES string of the molecule is CCCCCCCCC1(CC(O)CC(C)O)c2cc(-c3ccc4c(c3)c3ccccc3n4Cc3ccccc3)ccc2-c2ccc(-c3ccc4c(c3)c3ccccc3n4Cc3ccccc3)cc21. The lowest BCUT2D eigenvalue weighted by Gasteiger charge is -2.35. The molecule has 0 radical (unpaired) electrons. The molecule has 10 aromatic rings. The summed E-state index contributed by atoms with van der Waals surface area (Å²) < 4.78 is 4.91. The first-order valence-electron chi connectivity index (χ1n) is 25.1. The molecule has 11 rings (SSSR count). The normalized spacial score (nSPS) is 13.9. The molecule has 2 heterocycles. The van der Waals surface area contributed by atoms with E-state index in [1.165, 1.54) is 125 Å². The summed E-state index contributed by atoms with van der Waals surface area (Å²) in [6.45, 7) is 5.70. The minimum atomic E-state index is -0.666. The summed E-state index contributed by atoms with van der Waals surface area (Å²) in [5, 5.41) is 27.8. The lowest BCUT2D eigenvalue weighted by atomic mass is 9.69. The third-order valence-electron chi connectivity index (χ3n) is 15.1. The molecule has 68 heavy (non-hydrogen) atoms. The molecule has 2 unspecified atom stereocenters. The topological polar surface area (TPSA) is 50.3 Å². The summed E-state index contributed by atoms with van der Waals surface area (Å²) in [6.07, 6.45) is 7.75. The Morgan fingerprint density at radius 2 is 0.868 bits per heavy atom. The maximum atomic E-state index is 12.0. The average molecular weight is 891 g/mol. The second kappa shape index (κ2) is 18.8. The van der Waals surface area contributed by atoms with Gasteiger partial charge in [-0.05, 0) is 130 Å². The zero-order valence-electron chi connectivity index (χ0n) is 39.5. The van der Waals surface area contributed by atoms with E-state index in [-0.39, 0.29) is 0 Å². The molecule has 4 nitrogen and oxygen atoms in total. The Labute approximate surface area is 401 Å². The van der Waals surface area contributed by atoms with Gasteiger partial charge in [-0.2, -0.15) is 0 Å². The number of aromatic nitrogens is 2. The van der Waals surface area contributed by atoms with Gasteiger partial charge >= 0.3 is 0 Å². The van der Waals surface area contributed by atoms with E-state index in [1.54, 1.807) is 6.92 Å². The summed E-state index contributed by atoms with van der Waals surface area (Å²) in [6, 6.07) is 67.4. The fourth-order valence-corrected chi connectivity index (χ4v) is 11.9. The molecule has 8 aromatic carbocycles. The molecule has 2 aromatic heterocycles. The van der Waals surface area contributed by atoms with Crippen molar-refractivity contribution in [3.05, 3.63) is 204 Å². The molecule has 2 N–H and O–H groups in total. The Hall–Kier alpha value is -6.72. The Balaban J connectivity index is 1.03. The van der Waals surface area contributed by atoms with Crippen LogP contribution >= 0.6 is 0 Å². The Morgan fingerprint density at radius 1 is 0.441 bits per heavy atom. The largest absolute Gasteiger partial charge is 0.393 e. The van der Waals surface area contributed by atoms with Gasteiger partial charge in [0.25, 0.3) is 0 Å². The van der Waals surface area contributed by atoms with Crippen LogP contribution in [-0.2, 0) is 18.5 Å². The molecule has 0 fully saturated rings. The van der Waals surface area contributed by atoms with Gasteiger partial charge < -0.3 is 19.3 Å². The van der Waals surface area contributed by atoms with E-state index in [0.29, 0.717) is 12.8 Å². The number of unbranched alkanes of at least 4 members (excludes halogenated alkanes) is 5. The third kappa shape index (κ3) is 8.14. The molecule has 4 heteroatoms. The van der Waals surface area contributed by atoms with Crippen molar-refractivity contribution in [2.45, 2.75) is 102 Å². The fourth-order valence-electron chi connectivity index (χ4n) is 11.9. The van der Waals surface area contributed by atoms with Crippen LogP contribution in [0.2, 0.25) is 0 Å². The second-order valence-electron chi connectivity index (χ2n) is 19.7. The molecule has 0 saturated heterocycles. The molecule has 0 bridgehead atoms. The van der Waals surface area contributed by atoms with Gasteiger partial charge in [0.1, 0.15) is 0 Å². The Bertz CT molecular complexity index is 3190. The molecule has 0 saturated carbocycles. The molecule has 0 spiro atoms. The van der Waals surface area contributed by atoms with Crippen molar-refractivity contribution in [3.8, 4) is 33.4 Å². The molecule has 1 aliphatic rings. The van der Waals surface area contributed by atoms with Crippen molar-refractivity contribution in [1.29, 1.82) is 0 Å². The van der Waals surface area contributed by atoms with Gasteiger partial charge in [0.15, 0.2) is 0 Å². The standard InChI is InChI=1S/C64H62N2O2/c1-3-4-5-6-7-18-35-64(41-51(68)36-44(2)67)58-39-49(47-29-33-62-56(37-47)54-23-14-16-25-60(54)65(62)42-45-19-10-8-11-20-45)27-31-52(58)53-32-28-50(40-59(53)64)48-30-34-63-57(38-48)55-24-15-17-26-61(55)66(63)43-46-21-12-9-13-22-46/h8-17,19-34,37-40,44,51,67-68H,3-7,18,35-36,41-43H2,1-2H3. The average Bonchev–Trinajstić information content (AvgIpc) is 3.95. The van der Waals surface area contributed by atoms with Gasteiger partial charge in [-0.3, -0.25) is 0 Å². The summed E-state index contributed by atoms with van der Waals surface area (Å²) in [4.78, 5) is 0. The zero-order valence-corrected chi connectivity index (χ0v) is 39.5. The van der Waals surface area contributed by atoms with Crippen molar-refractivity contribution >= 4 is 43.6 Å². The van der Waals surface area contributed by atoms with Crippen LogP contribution in [-0.4, -0.2) is 31.6 Å². The summed E-state index contributed by atoms with van der Waals surface area (Å²) in [7, 11) is 0. The highest BCUT2D eigenvalue weighted by atomic mass is 16.3. The summed E-state index contributed by atoms with van der Waals surface area (Å²) >= 11 is 0. The number of hydrogen-bond acceptors (Lipinski definition) is 2. The number of rotatable bonds is 17. The van der Waals surface area contributed by atoms with Gasteiger partial charge in [0.05, 0.1) is 12.2 Å². The highest BCUT2D eigenvalue weighted by Crippen LogP contribution is 2.56. The number of nitrogens with zero attached hydrogens (tertiary/aromatic N) is 2. The van der Waals surface area contributed by atoms with Crippen molar-refractivity contribution < 1.29 is 10.2 Å². The van der Waals surface area contributed by atoms with Gasteiger partial charge in [0, 0.05) is 62.1 Å². The lowest BCUT2D eigenvalue weighted by Crippen LogP contribution is -2.32. The molecule has 0 aliphatic heterocycles. The third-order valence-corrected chi connectivity index (χ3v) is 15.1. The highest BCUT2D eigenvalue weighted by Gasteiger charge is 2.44. The van der Waals surface area contributed by atoms with Crippen molar-refractivity contribution in [2.75, 3.05) is 0 Å². The quantitative estimate of drug-likeness (QED) is 0.0895. The van der Waals surface area contributed by atoms with Crippen LogP contribution in [0, 0.1) is 0 Å². The molecular weight excluding hydrogens is 829 g/mol. The number of aliphatic hydroxyl groups excluding tert-OH is 2. The predicted molar refractivity (Wildman–Crippen MR) is 286 cm³/mol. The first-order chi connectivity index (χ1) is 33.4. The van der Waals surface area contributed by atoms with Crippen molar-refractivity contribution in [3.63, 3.8) is 0 Å². The molecule has 0 amide bonds. The van der Waals surface area contributed by atoms with E-state index in [9.17, 15) is 10.2 Å². The number of hydrogen-bond donors (Lipinski definition) is 2. The zero-order chi connectivity index (χ0) is 46.2. The van der Waals surface area contributed by atoms with E-state index in [0.717, 1.165) is 32.4 Å². The molecule has 340 valence electrons. The van der Waals surface area contributed by atoms with Crippen LogP contribution < -0.4 is 0 Å². The number of aliphatic hydroxyl groups is 2. The minimum Gasteiger partial charge on any atom is -0.393 e. The molecule has 2 atom stereocenters. The van der Waals surface area contributed by atoms with Crippen LogP contribution in [0.5, 0.6) is 0 Å². The van der Waals surface area contributed by atoms with E-state index in [1.807, 2.05) is 0 Å². The van der Waals surface area contributed by atoms with E-state index in [4.69, 9.17) is 0 Å². The monoisotopic (exact) mass is 890 g/mol. The van der Waals surface area contributed by atoms with Crippen LogP contribution in [0.1, 0.15) is 93.9 Å². The smallest absolute Gasteiger partial charge is 0.0576 e. The van der Waals surface area contributed by atoms with Crippen LogP contribution in [0.3, 0.4) is 0 Å². The van der Waals surface area contributed by atoms with Crippen molar-refractivity contribution in [1.82, 2.24) is 9.13 Å². The van der Waals surface area contributed by atoms with Crippen LogP contribution in [0.15, 0.2) is 182 Å². The van der Waals surface area contributed by atoms with Crippen LogP contribution in [0.25, 0.3) is 77.0 Å². The maximum Gasteiger partial charge on any atom is 0.0576 e. The van der Waals surface area contributed by atoms with E-state index in [2.05, 4.69) is 198 Å². The van der Waals surface area contributed by atoms with E-state index < -0.39 is 17.6 Å². The van der Waals surface area contributed by atoms with Gasteiger partial charge in [-0.15, -0.1) is 0 Å². The van der Waals surface area contributed by atoms with Gasteiger partial charge in [-0.1, -0.05) is 179 Å². The van der Waals surface area contributed by atoms with Crippen molar-refractivity contribution in [2.24, 2.45) is 0 Å². The summed E-state index contributed by atoms with van der Waals surface area (Å²) in [5.41, 5.74) is 16.9.